The Bertz CT molecular complexity index is 726. The lowest BCUT2D eigenvalue weighted by molar-refractivity contribution is 0.328. The topological polar surface area (TPSA) is 44.2 Å². The molecule has 20 heavy (non-hydrogen) atoms. The molecule has 0 N–H and O–H groups in total. The van der Waals surface area contributed by atoms with E-state index < -0.39 is 0 Å². The molecule has 0 fully saturated rings. The average molecular weight is 286 g/mol. The lowest BCUT2D eigenvalue weighted by Gasteiger charge is -2.09. The lowest BCUT2D eigenvalue weighted by Crippen LogP contribution is -1.99. The predicted octanol–water partition coefficient (Wildman–Crippen LogP) is 3.77. The van der Waals surface area contributed by atoms with Crippen LogP contribution >= 0.6 is 11.3 Å². The highest BCUT2D eigenvalue weighted by molar-refractivity contribution is 7.13. The van der Waals surface area contributed by atoms with E-state index in [1.54, 1.807) is 18.4 Å². The molecule has 0 aliphatic carbocycles. The molecule has 0 unspecified atom stereocenters. The number of aromatic nitrogens is 2. The van der Waals surface area contributed by atoms with Crippen molar-refractivity contribution in [3.63, 3.8) is 0 Å². The van der Waals surface area contributed by atoms with Crippen molar-refractivity contribution in [1.82, 2.24) is 9.97 Å². The van der Waals surface area contributed by atoms with Crippen LogP contribution in [0.2, 0.25) is 0 Å². The van der Waals surface area contributed by atoms with E-state index in [2.05, 4.69) is 9.97 Å². The number of thiophene rings is 1. The second kappa shape index (κ2) is 5.46. The molecule has 1 aromatic carbocycles. The second-order valence-corrected chi connectivity index (χ2v) is 5.09. The molecular weight excluding hydrogens is 272 g/mol. The zero-order valence-corrected chi connectivity index (χ0v) is 12.1. The van der Waals surface area contributed by atoms with Crippen LogP contribution in [0.1, 0.15) is 6.92 Å². The van der Waals surface area contributed by atoms with E-state index in [-0.39, 0.29) is 0 Å². The maximum Gasteiger partial charge on any atom is 0.242 e. The summed E-state index contributed by atoms with van der Waals surface area (Å²) in [4.78, 5) is 10.3. The zero-order chi connectivity index (χ0) is 13.9. The fourth-order valence-corrected chi connectivity index (χ4v) is 2.66. The first-order valence-corrected chi connectivity index (χ1v) is 7.22. The number of nitrogens with zero attached hydrogens (tertiary/aromatic N) is 2. The van der Waals surface area contributed by atoms with Crippen LogP contribution in [0.5, 0.6) is 11.6 Å². The Morgan fingerprint density at radius 2 is 2.05 bits per heavy atom. The highest BCUT2D eigenvalue weighted by Crippen LogP contribution is 2.32. The predicted molar refractivity (Wildman–Crippen MR) is 80.6 cm³/mol. The van der Waals surface area contributed by atoms with Crippen LogP contribution in [0.3, 0.4) is 0 Å². The standard InChI is InChI=1S/C15H14N2O2S/c1-3-19-15-14(13-5-4-8-20-13)16-11-7-6-10(18-2)9-12(11)17-15/h4-9H,3H2,1-2H3. The van der Waals surface area contributed by atoms with Gasteiger partial charge in [-0.1, -0.05) is 6.07 Å². The third-order valence-corrected chi connectivity index (χ3v) is 3.75. The van der Waals surface area contributed by atoms with Crippen molar-refractivity contribution in [2.75, 3.05) is 13.7 Å². The van der Waals surface area contributed by atoms with Crippen LogP contribution < -0.4 is 9.47 Å². The van der Waals surface area contributed by atoms with Crippen LogP contribution in [-0.2, 0) is 0 Å². The number of fused-ring (bicyclic) bond motifs is 1. The summed E-state index contributed by atoms with van der Waals surface area (Å²) in [6.07, 6.45) is 0. The summed E-state index contributed by atoms with van der Waals surface area (Å²) < 4.78 is 10.9. The van der Waals surface area contributed by atoms with E-state index >= 15 is 0 Å². The molecule has 0 spiro atoms. The van der Waals surface area contributed by atoms with Gasteiger partial charge in [0, 0.05) is 6.07 Å². The average Bonchev–Trinajstić information content (AvgIpc) is 3.00. The Kier molecular flexibility index (Phi) is 3.52. The van der Waals surface area contributed by atoms with Gasteiger partial charge in [-0.05, 0) is 30.5 Å². The van der Waals surface area contributed by atoms with Gasteiger partial charge in [-0.2, -0.15) is 0 Å². The number of methoxy groups -OCH3 is 1. The minimum atomic E-state index is 0.558. The van der Waals surface area contributed by atoms with Gasteiger partial charge in [-0.25, -0.2) is 9.97 Å². The molecule has 3 aromatic rings. The van der Waals surface area contributed by atoms with E-state index in [0.717, 1.165) is 27.4 Å². The van der Waals surface area contributed by atoms with Crippen molar-refractivity contribution in [2.45, 2.75) is 6.92 Å². The van der Waals surface area contributed by atoms with Crippen molar-refractivity contribution in [3.8, 4) is 22.2 Å². The normalized spacial score (nSPS) is 10.7. The summed E-state index contributed by atoms with van der Waals surface area (Å²) in [6, 6.07) is 9.68. The number of ether oxygens (including phenoxy) is 2. The second-order valence-electron chi connectivity index (χ2n) is 4.14. The Morgan fingerprint density at radius 3 is 2.75 bits per heavy atom. The lowest BCUT2D eigenvalue weighted by atomic mass is 10.2. The van der Waals surface area contributed by atoms with Crippen LogP contribution in [-0.4, -0.2) is 23.7 Å². The first-order chi connectivity index (χ1) is 9.81. The van der Waals surface area contributed by atoms with Gasteiger partial charge in [-0.15, -0.1) is 11.3 Å². The van der Waals surface area contributed by atoms with Crippen molar-refractivity contribution in [1.29, 1.82) is 0 Å². The van der Waals surface area contributed by atoms with Crippen LogP contribution in [0.15, 0.2) is 35.7 Å². The van der Waals surface area contributed by atoms with Crippen molar-refractivity contribution >= 4 is 22.4 Å². The van der Waals surface area contributed by atoms with Crippen molar-refractivity contribution in [3.05, 3.63) is 35.7 Å². The molecule has 0 aliphatic rings. The Balaban J connectivity index is 2.20. The van der Waals surface area contributed by atoms with E-state index in [4.69, 9.17) is 9.47 Å². The molecule has 0 saturated carbocycles. The van der Waals surface area contributed by atoms with Crippen LogP contribution in [0, 0.1) is 0 Å². The molecule has 2 heterocycles. The largest absolute Gasteiger partial charge is 0.497 e. The van der Waals surface area contributed by atoms with E-state index in [1.165, 1.54) is 0 Å². The first-order valence-electron chi connectivity index (χ1n) is 6.34. The molecule has 0 atom stereocenters. The molecule has 3 rings (SSSR count). The Labute approximate surface area is 121 Å². The number of benzene rings is 1. The third-order valence-electron chi connectivity index (χ3n) is 2.88. The molecule has 5 heteroatoms. The van der Waals surface area contributed by atoms with Crippen molar-refractivity contribution in [2.24, 2.45) is 0 Å². The van der Waals surface area contributed by atoms with Gasteiger partial charge in [-0.3, -0.25) is 0 Å². The fraction of sp³-hybridized carbons (Fsp3) is 0.200. The summed E-state index contributed by atoms with van der Waals surface area (Å²) >= 11 is 1.63. The van der Waals surface area contributed by atoms with Crippen LogP contribution in [0.4, 0.5) is 0 Å². The highest BCUT2D eigenvalue weighted by atomic mass is 32.1. The molecule has 0 bridgehead atoms. The quantitative estimate of drug-likeness (QED) is 0.732. The molecule has 0 amide bonds. The number of hydrogen-bond acceptors (Lipinski definition) is 5. The van der Waals surface area contributed by atoms with E-state index in [1.807, 2.05) is 42.6 Å². The number of hydrogen-bond donors (Lipinski definition) is 0. The van der Waals surface area contributed by atoms with Gasteiger partial charge in [0.15, 0.2) is 0 Å². The molecule has 0 aliphatic heterocycles. The Morgan fingerprint density at radius 1 is 1.15 bits per heavy atom. The van der Waals surface area contributed by atoms with E-state index in [0.29, 0.717) is 12.5 Å². The minimum Gasteiger partial charge on any atom is -0.497 e. The van der Waals surface area contributed by atoms with Gasteiger partial charge in [0.05, 0.1) is 29.6 Å². The summed E-state index contributed by atoms with van der Waals surface area (Å²) in [7, 11) is 1.64. The Hall–Kier alpha value is -2.14. The van der Waals surface area contributed by atoms with Gasteiger partial charge >= 0.3 is 0 Å². The monoisotopic (exact) mass is 286 g/mol. The van der Waals surface area contributed by atoms with Crippen LogP contribution in [0.25, 0.3) is 21.6 Å². The highest BCUT2D eigenvalue weighted by Gasteiger charge is 2.13. The molecule has 0 saturated heterocycles. The SMILES string of the molecule is CCOc1nc2cc(OC)ccc2nc1-c1cccs1. The maximum absolute atomic E-state index is 5.63. The first kappa shape index (κ1) is 12.9. The molecule has 2 aromatic heterocycles. The summed E-state index contributed by atoms with van der Waals surface area (Å²) in [5.74, 6) is 1.33. The van der Waals surface area contributed by atoms with Gasteiger partial charge in [0.2, 0.25) is 5.88 Å². The zero-order valence-electron chi connectivity index (χ0n) is 11.3. The molecular formula is C15H14N2O2S. The maximum atomic E-state index is 5.63. The minimum absolute atomic E-state index is 0.558. The summed E-state index contributed by atoms with van der Waals surface area (Å²) in [6.45, 7) is 2.50. The number of rotatable bonds is 4. The summed E-state index contributed by atoms with van der Waals surface area (Å²) in [5, 5.41) is 2.02. The third kappa shape index (κ3) is 2.32. The molecule has 4 nitrogen and oxygen atoms in total. The van der Waals surface area contributed by atoms with Gasteiger partial charge < -0.3 is 9.47 Å². The summed E-state index contributed by atoms with van der Waals surface area (Å²) in [5.41, 5.74) is 2.39. The smallest absolute Gasteiger partial charge is 0.242 e. The van der Waals surface area contributed by atoms with Crippen molar-refractivity contribution < 1.29 is 9.47 Å². The van der Waals surface area contributed by atoms with Gasteiger partial charge in [0.25, 0.3) is 0 Å². The fourth-order valence-electron chi connectivity index (χ4n) is 1.96. The van der Waals surface area contributed by atoms with E-state index in [9.17, 15) is 0 Å². The molecule has 102 valence electrons. The van der Waals surface area contributed by atoms with Gasteiger partial charge in [0.1, 0.15) is 11.4 Å². The molecule has 0 radical (unpaired) electrons.